The quantitative estimate of drug-likeness (QED) is 0.476. The summed E-state index contributed by atoms with van der Waals surface area (Å²) >= 11 is 0. The Morgan fingerprint density at radius 1 is 1.12 bits per heavy atom. The highest BCUT2D eigenvalue weighted by Crippen LogP contribution is 2.32. The van der Waals surface area contributed by atoms with Crippen LogP contribution in [0.1, 0.15) is 25.8 Å². The van der Waals surface area contributed by atoms with Crippen LogP contribution in [0.3, 0.4) is 0 Å². The monoisotopic (exact) mass is 470 g/mol. The van der Waals surface area contributed by atoms with E-state index in [4.69, 9.17) is 9.47 Å². The van der Waals surface area contributed by atoms with Crippen molar-refractivity contribution in [3.8, 4) is 17.6 Å². The molecule has 1 aliphatic rings. The lowest BCUT2D eigenvalue weighted by Gasteiger charge is -2.29. The maximum absolute atomic E-state index is 13.6. The van der Waals surface area contributed by atoms with Crippen molar-refractivity contribution in [1.82, 2.24) is 4.31 Å². The third-order valence-electron chi connectivity index (χ3n) is 5.31. The Kier molecular flexibility index (Phi) is 7.74. The van der Waals surface area contributed by atoms with E-state index >= 15 is 0 Å². The van der Waals surface area contributed by atoms with E-state index in [1.54, 1.807) is 38.1 Å². The van der Waals surface area contributed by atoms with Gasteiger partial charge in [-0.1, -0.05) is 31.0 Å². The maximum Gasteiger partial charge on any atom is 0.326 e. The summed E-state index contributed by atoms with van der Waals surface area (Å²) in [4.78, 5) is 26.9. The number of carbonyl (C=O) groups excluding carboxylic acids is 2. The molecule has 0 saturated heterocycles. The summed E-state index contributed by atoms with van der Waals surface area (Å²) < 4.78 is 38.8. The number of esters is 1. The zero-order valence-electron chi connectivity index (χ0n) is 18.8. The van der Waals surface area contributed by atoms with Crippen LogP contribution in [0.15, 0.2) is 53.4 Å². The fraction of sp³-hybridized carbons (Fsp3) is 0.333. The van der Waals surface area contributed by atoms with Gasteiger partial charge in [0.1, 0.15) is 18.4 Å². The van der Waals surface area contributed by atoms with Crippen LogP contribution in [0.25, 0.3) is 0 Å². The fourth-order valence-electron chi connectivity index (χ4n) is 3.59. The second-order valence-corrected chi connectivity index (χ2v) is 9.15. The van der Waals surface area contributed by atoms with Crippen molar-refractivity contribution in [2.24, 2.45) is 0 Å². The zero-order valence-corrected chi connectivity index (χ0v) is 19.6. The Morgan fingerprint density at radius 2 is 1.82 bits per heavy atom. The largest absolute Gasteiger partial charge is 0.481 e. The van der Waals surface area contributed by atoms with Crippen LogP contribution in [-0.2, 0) is 30.9 Å². The van der Waals surface area contributed by atoms with Gasteiger partial charge in [-0.05, 0) is 42.8 Å². The summed E-state index contributed by atoms with van der Waals surface area (Å²) in [7, 11) is -2.92. The van der Waals surface area contributed by atoms with E-state index in [9.17, 15) is 18.0 Å². The van der Waals surface area contributed by atoms with E-state index in [2.05, 4.69) is 11.8 Å². The highest BCUT2D eigenvalue weighted by molar-refractivity contribution is 7.89. The Hall–Kier alpha value is -3.35. The van der Waals surface area contributed by atoms with Crippen LogP contribution in [-0.4, -0.2) is 50.9 Å². The predicted molar refractivity (Wildman–Crippen MR) is 123 cm³/mol. The van der Waals surface area contributed by atoms with Gasteiger partial charge in [-0.3, -0.25) is 9.59 Å². The molecule has 9 heteroatoms. The van der Waals surface area contributed by atoms with Gasteiger partial charge >= 0.3 is 5.97 Å². The third kappa shape index (κ3) is 5.18. The molecule has 0 N–H and O–H groups in total. The molecule has 174 valence electrons. The number of para-hydroxylation sites is 1. The molecular weight excluding hydrogens is 444 g/mol. The lowest BCUT2D eigenvalue weighted by Crippen LogP contribution is -2.50. The number of benzene rings is 2. The molecule has 0 radical (unpaired) electrons. The molecule has 3 rings (SSSR count). The number of fused-ring (bicyclic) bond motifs is 1. The first-order chi connectivity index (χ1) is 15.8. The molecule has 1 aliphatic heterocycles. The van der Waals surface area contributed by atoms with Gasteiger partial charge < -0.3 is 14.4 Å². The van der Waals surface area contributed by atoms with Gasteiger partial charge in [-0.2, -0.15) is 4.31 Å². The standard InChI is InChI=1S/C24H26N2O6S/c1-4-6-15-32-19-11-13-20(14-12-19)33(29,30)26-16-18-9-7-8-10-21(18)25(23(27)5-2)17-22(26)24(28)31-3/h7-14,22H,5,15-17H2,1-3H3. The van der Waals surface area contributed by atoms with Crippen LogP contribution in [0.2, 0.25) is 0 Å². The summed E-state index contributed by atoms with van der Waals surface area (Å²) in [5, 5.41) is 0. The van der Waals surface area contributed by atoms with Crippen LogP contribution >= 0.6 is 0 Å². The summed E-state index contributed by atoms with van der Waals surface area (Å²) in [5.74, 6) is 5.01. The van der Waals surface area contributed by atoms with Gasteiger partial charge in [0, 0.05) is 18.7 Å². The van der Waals surface area contributed by atoms with Gasteiger partial charge in [-0.15, -0.1) is 5.92 Å². The molecular formula is C24H26N2O6S. The van der Waals surface area contributed by atoms with Crippen LogP contribution < -0.4 is 9.64 Å². The first-order valence-electron chi connectivity index (χ1n) is 10.4. The predicted octanol–water partition coefficient (Wildman–Crippen LogP) is 2.58. The molecule has 0 spiro atoms. The summed E-state index contributed by atoms with van der Waals surface area (Å²) in [5.41, 5.74) is 1.20. The van der Waals surface area contributed by atoms with E-state index in [0.717, 1.165) is 4.31 Å². The van der Waals surface area contributed by atoms with Crippen molar-refractivity contribution in [3.63, 3.8) is 0 Å². The van der Waals surface area contributed by atoms with Gasteiger partial charge in [0.2, 0.25) is 15.9 Å². The number of hydrogen-bond donors (Lipinski definition) is 0. The smallest absolute Gasteiger partial charge is 0.326 e. The molecule has 0 aromatic heterocycles. The number of rotatable bonds is 6. The second kappa shape index (κ2) is 10.5. The van der Waals surface area contributed by atoms with Crippen molar-refractivity contribution in [2.75, 3.05) is 25.2 Å². The van der Waals surface area contributed by atoms with Gasteiger partial charge in [0.05, 0.1) is 18.6 Å². The zero-order chi connectivity index (χ0) is 24.0. The fourth-order valence-corrected chi connectivity index (χ4v) is 5.14. The summed E-state index contributed by atoms with van der Waals surface area (Å²) in [6.45, 7) is 3.37. The minimum absolute atomic E-state index is 0.00178. The van der Waals surface area contributed by atoms with Gasteiger partial charge in [0.25, 0.3) is 0 Å². The normalized spacial score (nSPS) is 16.1. The second-order valence-electron chi connectivity index (χ2n) is 7.26. The summed E-state index contributed by atoms with van der Waals surface area (Å²) in [6.07, 6.45) is 0.207. The van der Waals surface area contributed by atoms with Crippen molar-refractivity contribution >= 4 is 27.6 Å². The number of nitrogens with zero attached hydrogens (tertiary/aromatic N) is 2. The van der Waals surface area contributed by atoms with Gasteiger partial charge in [-0.25, -0.2) is 8.42 Å². The lowest BCUT2D eigenvalue weighted by atomic mass is 10.1. The SMILES string of the molecule is CC#CCOc1ccc(S(=O)(=O)N2Cc3ccccc3N(C(=O)CC)CC2C(=O)OC)cc1. The topological polar surface area (TPSA) is 93.2 Å². The van der Waals surface area contributed by atoms with Gasteiger partial charge in [0.15, 0.2) is 0 Å². The van der Waals surface area contributed by atoms with Crippen LogP contribution in [0, 0.1) is 11.8 Å². The molecule has 2 aromatic carbocycles. The molecule has 0 aliphatic carbocycles. The molecule has 2 aromatic rings. The highest BCUT2D eigenvalue weighted by atomic mass is 32.2. The Balaban J connectivity index is 2.03. The van der Waals surface area contributed by atoms with Crippen LogP contribution in [0.5, 0.6) is 5.75 Å². The average molecular weight is 471 g/mol. The van der Waals surface area contributed by atoms with E-state index in [-0.39, 0.29) is 36.9 Å². The molecule has 0 bridgehead atoms. The molecule has 1 atom stereocenters. The number of carbonyl (C=O) groups is 2. The molecule has 33 heavy (non-hydrogen) atoms. The minimum atomic E-state index is -4.12. The van der Waals surface area contributed by atoms with Crippen molar-refractivity contribution in [2.45, 2.75) is 37.8 Å². The van der Waals surface area contributed by atoms with E-state index < -0.39 is 22.0 Å². The molecule has 1 amide bonds. The maximum atomic E-state index is 13.6. The molecule has 1 heterocycles. The average Bonchev–Trinajstić information content (AvgIpc) is 3.01. The number of amides is 1. The number of sulfonamides is 1. The van der Waals surface area contributed by atoms with Crippen molar-refractivity contribution < 1.29 is 27.5 Å². The molecule has 0 fully saturated rings. The minimum Gasteiger partial charge on any atom is -0.481 e. The number of hydrogen-bond acceptors (Lipinski definition) is 6. The first-order valence-corrected chi connectivity index (χ1v) is 11.9. The van der Waals surface area contributed by atoms with Crippen LogP contribution in [0.4, 0.5) is 5.69 Å². The Morgan fingerprint density at radius 3 is 2.45 bits per heavy atom. The Labute approximate surface area is 194 Å². The molecule has 1 unspecified atom stereocenters. The number of anilines is 1. The third-order valence-corrected chi connectivity index (χ3v) is 7.18. The van der Waals surface area contributed by atoms with Crippen molar-refractivity contribution in [3.05, 3.63) is 54.1 Å². The molecule has 0 saturated carbocycles. The van der Waals surface area contributed by atoms with E-state index in [0.29, 0.717) is 17.0 Å². The summed E-state index contributed by atoms with van der Waals surface area (Å²) in [6, 6.07) is 11.7. The first kappa shape index (κ1) is 24.3. The number of methoxy groups -OCH3 is 1. The highest BCUT2D eigenvalue weighted by Gasteiger charge is 2.41. The Bertz CT molecular complexity index is 1180. The number of ether oxygens (including phenoxy) is 2. The molecule has 8 nitrogen and oxygen atoms in total. The lowest BCUT2D eigenvalue weighted by molar-refractivity contribution is -0.145. The van der Waals surface area contributed by atoms with E-state index in [1.807, 2.05) is 0 Å². The van der Waals surface area contributed by atoms with E-state index in [1.165, 1.54) is 36.3 Å². The van der Waals surface area contributed by atoms with Crippen molar-refractivity contribution in [1.29, 1.82) is 0 Å².